The molecule has 0 aliphatic rings. The molecule has 2 rings (SSSR count). The molecule has 24 heavy (non-hydrogen) atoms. The zero-order valence-corrected chi connectivity index (χ0v) is 13.7. The number of carbonyl (C=O) groups excluding carboxylic acids is 2. The Labute approximate surface area is 139 Å². The van der Waals surface area contributed by atoms with Gasteiger partial charge in [-0.15, -0.1) is 0 Å². The molecule has 1 aromatic heterocycles. The van der Waals surface area contributed by atoms with Gasteiger partial charge in [0.15, 0.2) is 5.78 Å². The minimum absolute atomic E-state index is 0.0409. The van der Waals surface area contributed by atoms with E-state index in [2.05, 4.69) is 5.32 Å². The summed E-state index contributed by atoms with van der Waals surface area (Å²) in [5.74, 6) is -0.442. The fraction of sp³-hybridized carbons (Fsp3) is 0.222. The van der Waals surface area contributed by atoms with Crippen LogP contribution in [-0.4, -0.2) is 16.3 Å². The summed E-state index contributed by atoms with van der Waals surface area (Å²) in [6.45, 7) is 4.68. The summed E-state index contributed by atoms with van der Waals surface area (Å²) in [4.78, 5) is 35.7. The lowest BCUT2D eigenvalue weighted by Gasteiger charge is -2.12. The van der Waals surface area contributed by atoms with E-state index < -0.39 is 5.56 Å². The van der Waals surface area contributed by atoms with Gasteiger partial charge in [0, 0.05) is 16.9 Å². The smallest absolute Gasteiger partial charge is 0.269 e. The second-order valence-corrected chi connectivity index (χ2v) is 5.53. The highest BCUT2D eigenvalue weighted by atomic mass is 16.2. The van der Waals surface area contributed by atoms with Crippen LogP contribution in [0, 0.1) is 25.2 Å². The molecule has 0 radical (unpaired) electrons. The molecule has 2 aromatic rings. The van der Waals surface area contributed by atoms with Gasteiger partial charge in [0.05, 0.1) is 0 Å². The molecule has 0 fully saturated rings. The molecule has 1 heterocycles. The SMILES string of the molecule is CC(=O)c1ccc(NC(=O)Cn2c(C)cc(C)c(C#N)c2=O)cc1. The number of hydrogen-bond acceptors (Lipinski definition) is 4. The molecule has 6 nitrogen and oxygen atoms in total. The average Bonchev–Trinajstić information content (AvgIpc) is 2.52. The Hall–Kier alpha value is -3.20. The van der Waals surface area contributed by atoms with Crippen molar-refractivity contribution < 1.29 is 9.59 Å². The van der Waals surface area contributed by atoms with Crippen molar-refractivity contribution in [3.8, 4) is 6.07 Å². The third-order valence-electron chi connectivity index (χ3n) is 3.69. The van der Waals surface area contributed by atoms with Gasteiger partial charge in [-0.05, 0) is 56.7 Å². The van der Waals surface area contributed by atoms with Gasteiger partial charge >= 0.3 is 0 Å². The maximum Gasteiger partial charge on any atom is 0.269 e. The second-order valence-electron chi connectivity index (χ2n) is 5.53. The molecule has 0 saturated carbocycles. The van der Waals surface area contributed by atoms with Crippen molar-refractivity contribution in [2.45, 2.75) is 27.3 Å². The Morgan fingerprint density at radius 2 is 1.83 bits per heavy atom. The average molecular weight is 323 g/mol. The van der Waals surface area contributed by atoms with Crippen LogP contribution in [0.15, 0.2) is 35.1 Å². The highest BCUT2D eigenvalue weighted by Gasteiger charge is 2.13. The molecule has 0 spiro atoms. The Balaban J connectivity index is 2.20. The van der Waals surface area contributed by atoms with Gasteiger partial charge < -0.3 is 9.88 Å². The standard InChI is InChI=1S/C18H17N3O3/c1-11-8-12(2)21(18(24)16(11)9-19)10-17(23)20-15-6-4-14(5-7-15)13(3)22/h4-8H,10H2,1-3H3,(H,20,23). The van der Waals surface area contributed by atoms with Crippen LogP contribution in [0.25, 0.3) is 0 Å². The van der Waals surface area contributed by atoms with Crippen molar-refractivity contribution in [1.29, 1.82) is 5.26 Å². The molecular formula is C18H17N3O3. The third-order valence-corrected chi connectivity index (χ3v) is 3.69. The fourth-order valence-electron chi connectivity index (χ4n) is 2.39. The maximum absolute atomic E-state index is 12.3. The normalized spacial score (nSPS) is 10.1. The van der Waals surface area contributed by atoms with Gasteiger partial charge in [-0.3, -0.25) is 14.4 Å². The number of nitriles is 1. The van der Waals surface area contributed by atoms with Gasteiger partial charge in [-0.2, -0.15) is 5.26 Å². The van der Waals surface area contributed by atoms with E-state index in [0.717, 1.165) is 0 Å². The third kappa shape index (κ3) is 3.58. The molecule has 1 N–H and O–H groups in total. The van der Waals surface area contributed by atoms with E-state index in [-0.39, 0.29) is 23.8 Å². The summed E-state index contributed by atoms with van der Waals surface area (Å²) < 4.78 is 1.27. The van der Waals surface area contributed by atoms with Crippen molar-refractivity contribution >= 4 is 17.4 Å². The quantitative estimate of drug-likeness (QED) is 0.873. The van der Waals surface area contributed by atoms with Gasteiger partial charge in [0.25, 0.3) is 5.56 Å². The molecule has 0 aliphatic heterocycles. The highest BCUT2D eigenvalue weighted by Crippen LogP contribution is 2.11. The minimum Gasteiger partial charge on any atom is -0.325 e. The van der Waals surface area contributed by atoms with E-state index in [9.17, 15) is 14.4 Å². The molecular weight excluding hydrogens is 306 g/mol. The number of carbonyl (C=O) groups is 2. The largest absolute Gasteiger partial charge is 0.325 e. The van der Waals surface area contributed by atoms with Crippen LogP contribution >= 0.6 is 0 Å². The number of Topliss-reactive ketones (excluding diaryl/α,β-unsaturated/α-hetero) is 1. The van der Waals surface area contributed by atoms with Gasteiger partial charge in [0.1, 0.15) is 18.2 Å². The number of aromatic nitrogens is 1. The van der Waals surface area contributed by atoms with Crippen LogP contribution in [0.2, 0.25) is 0 Å². The summed E-state index contributed by atoms with van der Waals surface area (Å²) in [5.41, 5.74) is 1.85. The van der Waals surface area contributed by atoms with Crippen LogP contribution in [0.5, 0.6) is 0 Å². The highest BCUT2D eigenvalue weighted by molar-refractivity contribution is 5.95. The summed E-state index contributed by atoms with van der Waals surface area (Å²) in [6.07, 6.45) is 0. The van der Waals surface area contributed by atoms with Gasteiger partial charge in [-0.1, -0.05) is 0 Å². The first-order valence-electron chi connectivity index (χ1n) is 7.35. The van der Waals surface area contributed by atoms with Crippen molar-refractivity contribution in [2.24, 2.45) is 0 Å². The first-order chi connectivity index (χ1) is 11.3. The van der Waals surface area contributed by atoms with Crippen molar-refractivity contribution in [1.82, 2.24) is 4.57 Å². The van der Waals surface area contributed by atoms with Gasteiger partial charge in [-0.25, -0.2) is 0 Å². The summed E-state index contributed by atoms with van der Waals surface area (Å²) in [7, 11) is 0. The Morgan fingerprint density at radius 3 is 2.38 bits per heavy atom. The molecule has 6 heteroatoms. The van der Waals surface area contributed by atoms with E-state index in [1.807, 2.05) is 6.07 Å². The van der Waals surface area contributed by atoms with E-state index >= 15 is 0 Å². The predicted octanol–water partition coefficient (Wildman–Crippen LogP) is 2.18. The Morgan fingerprint density at radius 1 is 1.21 bits per heavy atom. The van der Waals surface area contributed by atoms with E-state index in [4.69, 9.17) is 5.26 Å². The predicted molar refractivity (Wildman–Crippen MR) is 90.0 cm³/mol. The molecule has 0 saturated heterocycles. The summed E-state index contributed by atoms with van der Waals surface area (Å²) >= 11 is 0. The number of amides is 1. The lowest BCUT2D eigenvalue weighted by Crippen LogP contribution is -2.31. The molecule has 0 bridgehead atoms. The number of hydrogen-bond donors (Lipinski definition) is 1. The van der Waals surface area contributed by atoms with Crippen LogP contribution < -0.4 is 10.9 Å². The first kappa shape index (κ1) is 17.2. The fourth-order valence-corrected chi connectivity index (χ4v) is 2.39. The topological polar surface area (TPSA) is 92.0 Å². The van der Waals surface area contributed by atoms with Gasteiger partial charge in [0.2, 0.25) is 5.91 Å². The van der Waals surface area contributed by atoms with Crippen LogP contribution in [0.4, 0.5) is 5.69 Å². The van der Waals surface area contributed by atoms with Crippen molar-refractivity contribution in [3.05, 3.63) is 63.1 Å². The number of benzene rings is 1. The molecule has 0 unspecified atom stereocenters. The van der Waals surface area contributed by atoms with Crippen LogP contribution in [0.1, 0.15) is 34.1 Å². The maximum atomic E-state index is 12.3. The number of nitrogens with one attached hydrogen (secondary N) is 1. The molecule has 1 amide bonds. The van der Waals surface area contributed by atoms with Crippen LogP contribution in [-0.2, 0) is 11.3 Å². The van der Waals surface area contributed by atoms with Crippen molar-refractivity contribution in [2.75, 3.05) is 5.32 Å². The van der Waals surface area contributed by atoms with E-state index in [1.165, 1.54) is 11.5 Å². The number of ketones is 1. The minimum atomic E-state index is -0.475. The summed E-state index contributed by atoms with van der Waals surface area (Å²) in [5, 5.41) is 11.7. The Kier molecular flexibility index (Phi) is 4.95. The number of nitrogens with zero attached hydrogens (tertiary/aromatic N) is 2. The lowest BCUT2D eigenvalue weighted by atomic mass is 10.1. The molecule has 0 aliphatic carbocycles. The Bertz CT molecular complexity index is 903. The second kappa shape index (κ2) is 6.92. The molecule has 0 atom stereocenters. The van der Waals surface area contributed by atoms with E-state index in [0.29, 0.717) is 22.5 Å². The zero-order chi connectivity index (χ0) is 17.9. The number of aryl methyl sites for hydroxylation is 2. The zero-order valence-electron chi connectivity index (χ0n) is 13.7. The first-order valence-corrected chi connectivity index (χ1v) is 7.35. The van der Waals surface area contributed by atoms with Crippen LogP contribution in [0.3, 0.4) is 0 Å². The number of pyridine rings is 1. The lowest BCUT2D eigenvalue weighted by molar-refractivity contribution is -0.116. The number of anilines is 1. The molecule has 1 aromatic carbocycles. The van der Waals surface area contributed by atoms with Crippen molar-refractivity contribution in [3.63, 3.8) is 0 Å². The monoisotopic (exact) mass is 323 g/mol. The number of rotatable bonds is 4. The van der Waals surface area contributed by atoms with E-state index in [1.54, 1.807) is 44.2 Å². The molecule has 122 valence electrons. The summed E-state index contributed by atoms with van der Waals surface area (Å²) in [6, 6.07) is 10.1.